The summed E-state index contributed by atoms with van der Waals surface area (Å²) in [6, 6.07) is 0. The van der Waals surface area contributed by atoms with Crippen molar-refractivity contribution in [1.82, 2.24) is 0 Å². The van der Waals surface area contributed by atoms with E-state index in [1.54, 1.807) is 14.2 Å². The van der Waals surface area contributed by atoms with Crippen molar-refractivity contribution in [2.75, 3.05) is 14.2 Å². The van der Waals surface area contributed by atoms with Crippen LogP contribution in [-0.2, 0) is 9.47 Å². The van der Waals surface area contributed by atoms with Crippen molar-refractivity contribution in [2.24, 2.45) is 0 Å². The number of rotatable bonds is 3. The van der Waals surface area contributed by atoms with E-state index in [9.17, 15) is 0 Å². The van der Waals surface area contributed by atoms with Gasteiger partial charge in [0, 0.05) is 14.2 Å². The highest BCUT2D eigenvalue weighted by Crippen LogP contribution is 1.98. The lowest BCUT2D eigenvalue weighted by atomic mass is 10.3. The van der Waals surface area contributed by atoms with Crippen LogP contribution in [0.25, 0.3) is 0 Å². The second-order valence-corrected chi connectivity index (χ2v) is 1.88. The number of hydrogen-bond acceptors (Lipinski definition) is 2. The van der Waals surface area contributed by atoms with Crippen LogP contribution in [0.5, 0.6) is 0 Å². The van der Waals surface area contributed by atoms with Crippen LogP contribution >= 0.6 is 0 Å². The van der Waals surface area contributed by atoms with E-state index in [2.05, 4.69) is 0 Å². The van der Waals surface area contributed by atoms with Crippen molar-refractivity contribution < 1.29 is 9.47 Å². The third-order valence-electron chi connectivity index (χ3n) is 1.40. The summed E-state index contributed by atoms with van der Waals surface area (Å²) in [6.07, 6.45) is 0.389. The Hall–Kier alpha value is -0.0800. The highest BCUT2D eigenvalue weighted by Gasteiger charge is 2.07. The Bertz CT molecular complexity index is 46.5. The van der Waals surface area contributed by atoms with Crippen LogP contribution in [0.2, 0.25) is 0 Å². The number of hydrogen-bond donors (Lipinski definition) is 0. The van der Waals surface area contributed by atoms with Gasteiger partial charge >= 0.3 is 0 Å². The minimum Gasteiger partial charge on any atom is -0.379 e. The van der Waals surface area contributed by atoms with Crippen LogP contribution in [0, 0.1) is 0 Å². The first-order chi connectivity index (χ1) is 3.72. The fourth-order valence-electron chi connectivity index (χ4n) is 0.383. The van der Waals surface area contributed by atoms with Gasteiger partial charge in [0.05, 0.1) is 12.2 Å². The topological polar surface area (TPSA) is 18.5 Å². The monoisotopic (exact) mass is 118 g/mol. The van der Waals surface area contributed by atoms with Gasteiger partial charge in [0.15, 0.2) is 0 Å². The molecule has 0 saturated carbocycles. The van der Waals surface area contributed by atoms with E-state index in [4.69, 9.17) is 9.47 Å². The predicted molar refractivity (Wildman–Crippen MR) is 32.9 cm³/mol. The first kappa shape index (κ1) is 7.92. The molecule has 0 aliphatic heterocycles. The molecule has 0 aromatic carbocycles. The normalized spacial score (nSPS) is 18.0. The Morgan fingerprint density at radius 2 is 1.12 bits per heavy atom. The predicted octanol–water partition coefficient (Wildman–Crippen LogP) is 1.06. The van der Waals surface area contributed by atoms with Gasteiger partial charge in [-0.25, -0.2) is 0 Å². The molecular weight excluding hydrogens is 104 g/mol. The third kappa shape index (κ3) is 2.28. The van der Waals surface area contributed by atoms with Crippen LogP contribution in [0.4, 0.5) is 0 Å². The lowest BCUT2D eigenvalue weighted by Crippen LogP contribution is -2.23. The second-order valence-electron chi connectivity index (χ2n) is 1.88. The second kappa shape index (κ2) is 3.87. The largest absolute Gasteiger partial charge is 0.379 e. The molecule has 8 heavy (non-hydrogen) atoms. The van der Waals surface area contributed by atoms with Crippen LogP contribution in [0.1, 0.15) is 13.8 Å². The highest BCUT2D eigenvalue weighted by molar-refractivity contribution is 4.56. The molecule has 0 aliphatic carbocycles. The zero-order chi connectivity index (χ0) is 6.57. The summed E-state index contributed by atoms with van der Waals surface area (Å²) in [4.78, 5) is 0. The van der Waals surface area contributed by atoms with E-state index in [0.29, 0.717) is 0 Å². The van der Waals surface area contributed by atoms with Crippen molar-refractivity contribution >= 4 is 0 Å². The van der Waals surface area contributed by atoms with Gasteiger partial charge in [-0.2, -0.15) is 0 Å². The van der Waals surface area contributed by atoms with E-state index in [-0.39, 0.29) is 12.2 Å². The number of methoxy groups -OCH3 is 2. The Labute approximate surface area is 50.8 Å². The molecule has 0 aromatic heterocycles. The molecule has 0 rings (SSSR count). The molecule has 0 aromatic rings. The summed E-state index contributed by atoms with van der Waals surface area (Å²) < 4.78 is 9.96. The quantitative estimate of drug-likeness (QED) is 0.551. The molecule has 0 fully saturated rings. The summed E-state index contributed by atoms with van der Waals surface area (Å²) in [7, 11) is 3.36. The van der Waals surface area contributed by atoms with E-state index >= 15 is 0 Å². The summed E-state index contributed by atoms with van der Waals surface area (Å²) in [5.41, 5.74) is 0. The molecule has 0 spiro atoms. The zero-order valence-corrected chi connectivity index (χ0v) is 5.97. The van der Waals surface area contributed by atoms with E-state index in [1.165, 1.54) is 0 Å². The molecule has 0 N–H and O–H groups in total. The van der Waals surface area contributed by atoms with Gasteiger partial charge in [-0.15, -0.1) is 0 Å². The van der Waals surface area contributed by atoms with Crippen LogP contribution in [-0.4, -0.2) is 26.4 Å². The Morgan fingerprint density at radius 3 is 1.25 bits per heavy atom. The molecule has 50 valence electrons. The Kier molecular flexibility index (Phi) is 3.83. The van der Waals surface area contributed by atoms with Crippen molar-refractivity contribution in [3.63, 3.8) is 0 Å². The molecule has 0 heterocycles. The van der Waals surface area contributed by atoms with E-state index in [1.807, 2.05) is 13.8 Å². The fraction of sp³-hybridized carbons (Fsp3) is 1.00. The van der Waals surface area contributed by atoms with Crippen molar-refractivity contribution in [3.05, 3.63) is 0 Å². The van der Waals surface area contributed by atoms with Gasteiger partial charge < -0.3 is 9.47 Å². The molecule has 0 amide bonds. The molecular formula is C6H14O2. The average molecular weight is 118 g/mol. The van der Waals surface area contributed by atoms with Gasteiger partial charge in [-0.1, -0.05) is 0 Å². The molecule has 2 atom stereocenters. The molecule has 0 radical (unpaired) electrons. The Balaban J connectivity index is 3.29. The van der Waals surface area contributed by atoms with Gasteiger partial charge in [0.2, 0.25) is 0 Å². The molecule has 0 unspecified atom stereocenters. The maximum atomic E-state index is 4.98. The molecule has 2 heteroatoms. The molecule has 0 saturated heterocycles. The third-order valence-corrected chi connectivity index (χ3v) is 1.40. The van der Waals surface area contributed by atoms with E-state index in [0.717, 1.165) is 0 Å². The highest BCUT2D eigenvalue weighted by atomic mass is 16.5. The van der Waals surface area contributed by atoms with E-state index < -0.39 is 0 Å². The summed E-state index contributed by atoms with van der Waals surface area (Å²) in [6.45, 7) is 3.96. The van der Waals surface area contributed by atoms with Crippen LogP contribution in [0.15, 0.2) is 0 Å². The van der Waals surface area contributed by atoms with Crippen molar-refractivity contribution in [3.8, 4) is 0 Å². The van der Waals surface area contributed by atoms with Crippen LogP contribution < -0.4 is 0 Å². The lowest BCUT2D eigenvalue weighted by molar-refractivity contribution is -0.0157. The van der Waals surface area contributed by atoms with Crippen molar-refractivity contribution in [1.29, 1.82) is 0 Å². The summed E-state index contributed by atoms with van der Waals surface area (Å²) in [5, 5.41) is 0. The smallest absolute Gasteiger partial charge is 0.0801 e. The standard InChI is InChI=1S/C6H14O2/c1-5(7-3)6(2)8-4/h5-6H,1-4H3/t5-,6-/m1/s1. The van der Waals surface area contributed by atoms with Crippen LogP contribution in [0.3, 0.4) is 0 Å². The molecule has 0 aliphatic rings. The Morgan fingerprint density at radius 1 is 0.875 bits per heavy atom. The van der Waals surface area contributed by atoms with Gasteiger partial charge in [-0.05, 0) is 13.8 Å². The van der Waals surface area contributed by atoms with Gasteiger partial charge in [-0.3, -0.25) is 0 Å². The molecule has 0 bridgehead atoms. The lowest BCUT2D eigenvalue weighted by Gasteiger charge is -2.15. The average Bonchev–Trinajstić information content (AvgIpc) is 1.84. The fourth-order valence-corrected chi connectivity index (χ4v) is 0.383. The number of ether oxygens (including phenoxy) is 2. The summed E-state index contributed by atoms with van der Waals surface area (Å²) >= 11 is 0. The maximum absolute atomic E-state index is 4.98. The van der Waals surface area contributed by atoms with Gasteiger partial charge in [0.25, 0.3) is 0 Å². The maximum Gasteiger partial charge on any atom is 0.0801 e. The van der Waals surface area contributed by atoms with Gasteiger partial charge in [0.1, 0.15) is 0 Å². The summed E-state index contributed by atoms with van der Waals surface area (Å²) in [5.74, 6) is 0. The minimum atomic E-state index is 0.194. The zero-order valence-electron chi connectivity index (χ0n) is 5.97. The first-order valence-corrected chi connectivity index (χ1v) is 2.78. The SMILES string of the molecule is CO[C@H](C)[C@@H](C)OC. The first-order valence-electron chi connectivity index (χ1n) is 2.78. The van der Waals surface area contributed by atoms with Crippen molar-refractivity contribution in [2.45, 2.75) is 26.1 Å². The minimum absolute atomic E-state index is 0.194. The molecule has 2 nitrogen and oxygen atoms in total.